The van der Waals surface area contributed by atoms with E-state index in [9.17, 15) is 5.26 Å². The molecule has 27 heavy (non-hydrogen) atoms. The summed E-state index contributed by atoms with van der Waals surface area (Å²) in [5, 5.41) is 10.3. The van der Waals surface area contributed by atoms with Gasteiger partial charge in [0.2, 0.25) is 0 Å². The molecule has 0 atom stereocenters. The van der Waals surface area contributed by atoms with Crippen molar-refractivity contribution in [2.45, 2.75) is 97.8 Å². The fourth-order valence-corrected chi connectivity index (χ4v) is 4.06. The van der Waals surface area contributed by atoms with E-state index in [1.54, 1.807) is 0 Å². The van der Waals surface area contributed by atoms with Gasteiger partial charge in [-0.25, -0.2) is 0 Å². The molecule has 0 spiro atoms. The summed E-state index contributed by atoms with van der Waals surface area (Å²) >= 11 is 0. The molecule has 0 unspecified atom stereocenters. The molecule has 152 valence electrons. The molecule has 0 aromatic carbocycles. The van der Waals surface area contributed by atoms with Crippen LogP contribution in [0.3, 0.4) is 0 Å². The molecule has 1 aromatic rings. The van der Waals surface area contributed by atoms with Gasteiger partial charge < -0.3 is 0 Å². The van der Waals surface area contributed by atoms with Crippen molar-refractivity contribution >= 4 is 0 Å². The van der Waals surface area contributed by atoms with E-state index in [0.717, 1.165) is 31.6 Å². The molecule has 0 N–H and O–H groups in total. The number of aromatic nitrogens is 1. The van der Waals surface area contributed by atoms with Gasteiger partial charge in [0.15, 0.2) is 0 Å². The summed E-state index contributed by atoms with van der Waals surface area (Å²) in [7, 11) is 0. The Hall–Kier alpha value is -1.44. The Bertz CT molecular complexity index is 532. The summed E-state index contributed by atoms with van der Waals surface area (Å²) in [6.45, 7) is 19.7. The second kappa shape index (κ2) is 10.8. The quantitative estimate of drug-likeness (QED) is 0.556. The number of hydrogen-bond donors (Lipinski definition) is 0. The first-order valence-electron chi connectivity index (χ1n) is 10.5. The van der Waals surface area contributed by atoms with E-state index in [1.165, 1.54) is 0 Å². The minimum absolute atomic E-state index is 0.466. The van der Waals surface area contributed by atoms with Crippen molar-refractivity contribution in [3.05, 3.63) is 30.1 Å². The third-order valence-corrected chi connectivity index (χ3v) is 5.62. The zero-order valence-corrected chi connectivity index (χ0v) is 18.7. The number of hydrogen-bond acceptors (Lipinski definition) is 4. The van der Waals surface area contributed by atoms with E-state index < -0.39 is 5.41 Å². The number of pyridine rings is 1. The maximum Gasteiger partial charge on any atom is 0.102 e. The van der Waals surface area contributed by atoms with Crippen LogP contribution >= 0.6 is 0 Å². The first-order chi connectivity index (χ1) is 12.6. The number of rotatable bonds is 11. The third kappa shape index (κ3) is 6.59. The lowest BCUT2D eigenvalue weighted by molar-refractivity contribution is 0.142. The van der Waals surface area contributed by atoms with Crippen LogP contribution in [-0.4, -0.2) is 52.0 Å². The van der Waals surface area contributed by atoms with Gasteiger partial charge >= 0.3 is 0 Å². The van der Waals surface area contributed by atoms with Crippen molar-refractivity contribution in [1.29, 1.82) is 5.26 Å². The van der Waals surface area contributed by atoms with Crippen LogP contribution in [-0.2, 0) is 5.41 Å². The van der Waals surface area contributed by atoms with Gasteiger partial charge in [-0.3, -0.25) is 14.8 Å². The highest BCUT2D eigenvalue weighted by atomic mass is 15.2. The number of nitrogens with zero attached hydrogens (tertiary/aromatic N) is 4. The Morgan fingerprint density at radius 2 is 1.30 bits per heavy atom. The highest BCUT2D eigenvalue weighted by Gasteiger charge is 2.35. The van der Waals surface area contributed by atoms with Gasteiger partial charge in [-0.15, -0.1) is 0 Å². The molecule has 4 nitrogen and oxygen atoms in total. The predicted molar refractivity (Wildman–Crippen MR) is 115 cm³/mol. The molecule has 1 heterocycles. The van der Waals surface area contributed by atoms with Gasteiger partial charge in [0.25, 0.3) is 0 Å². The molecule has 0 aliphatic heterocycles. The second-order valence-corrected chi connectivity index (χ2v) is 8.76. The lowest BCUT2D eigenvalue weighted by Gasteiger charge is -2.37. The van der Waals surface area contributed by atoms with Gasteiger partial charge in [-0.2, -0.15) is 5.26 Å². The van der Waals surface area contributed by atoms with Crippen molar-refractivity contribution in [2.24, 2.45) is 0 Å². The van der Waals surface area contributed by atoms with Crippen LogP contribution in [0, 0.1) is 11.3 Å². The zero-order chi connectivity index (χ0) is 20.6. The number of nitriles is 1. The Balaban J connectivity index is 3.11. The van der Waals surface area contributed by atoms with E-state index in [-0.39, 0.29) is 0 Å². The minimum Gasteiger partial charge on any atom is -0.298 e. The highest BCUT2D eigenvalue weighted by molar-refractivity contribution is 5.26. The van der Waals surface area contributed by atoms with Gasteiger partial charge in [0, 0.05) is 43.5 Å². The second-order valence-electron chi connectivity index (χ2n) is 8.76. The third-order valence-electron chi connectivity index (χ3n) is 5.62. The van der Waals surface area contributed by atoms with Crippen molar-refractivity contribution in [2.75, 3.05) is 13.1 Å². The van der Waals surface area contributed by atoms with Crippen molar-refractivity contribution < 1.29 is 0 Å². The van der Waals surface area contributed by atoms with E-state index in [2.05, 4.69) is 76.2 Å². The normalized spacial score (nSPS) is 12.8. The predicted octanol–water partition coefficient (Wildman–Crippen LogP) is 4.86. The van der Waals surface area contributed by atoms with Crippen LogP contribution in [0.4, 0.5) is 0 Å². The van der Waals surface area contributed by atoms with Crippen LogP contribution in [0.25, 0.3) is 0 Å². The molecule has 1 rings (SSSR count). The maximum atomic E-state index is 10.3. The molecule has 0 amide bonds. The molecule has 0 saturated heterocycles. The molecule has 0 bridgehead atoms. The molecular weight excluding hydrogens is 332 g/mol. The summed E-state index contributed by atoms with van der Waals surface area (Å²) in [6, 6.07) is 10.5. The average molecular weight is 373 g/mol. The van der Waals surface area contributed by atoms with E-state index >= 15 is 0 Å². The molecule has 0 fully saturated rings. The standard InChI is InChI=1S/C23H40N4/c1-18(2)26(19(3)4)15-12-23(17-24,22-11-9-10-14-25-22)13-16-27(20(5)6)21(7)8/h9-11,14,18-21H,12-13,15-16H2,1-8H3. The van der Waals surface area contributed by atoms with Gasteiger partial charge in [0.05, 0.1) is 11.8 Å². The lowest BCUT2D eigenvalue weighted by atomic mass is 9.78. The molecule has 4 heteroatoms. The topological polar surface area (TPSA) is 43.2 Å². The van der Waals surface area contributed by atoms with Gasteiger partial charge in [-0.1, -0.05) is 6.07 Å². The largest absolute Gasteiger partial charge is 0.298 e. The van der Waals surface area contributed by atoms with Crippen LogP contribution in [0.15, 0.2) is 24.4 Å². The summed E-state index contributed by atoms with van der Waals surface area (Å²) < 4.78 is 0. The Labute approximate surface area is 167 Å². The fraction of sp³-hybridized carbons (Fsp3) is 0.739. The van der Waals surface area contributed by atoms with Crippen molar-refractivity contribution in [1.82, 2.24) is 14.8 Å². The van der Waals surface area contributed by atoms with E-state index in [1.807, 2.05) is 24.4 Å². The molecule has 0 saturated carbocycles. The van der Waals surface area contributed by atoms with E-state index in [0.29, 0.717) is 24.2 Å². The smallest absolute Gasteiger partial charge is 0.102 e. The van der Waals surface area contributed by atoms with Crippen LogP contribution in [0.5, 0.6) is 0 Å². The molecule has 1 aromatic heterocycles. The summed E-state index contributed by atoms with van der Waals surface area (Å²) in [4.78, 5) is 9.54. The summed E-state index contributed by atoms with van der Waals surface area (Å²) in [5.41, 5.74) is 0.359. The molecule has 0 aliphatic rings. The van der Waals surface area contributed by atoms with Crippen molar-refractivity contribution in [3.8, 4) is 6.07 Å². The van der Waals surface area contributed by atoms with Gasteiger partial charge in [0.1, 0.15) is 5.41 Å². The minimum atomic E-state index is -0.550. The summed E-state index contributed by atoms with van der Waals surface area (Å²) in [6.07, 6.45) is 3.43. The molecule has 0 radical (unpaired) electrons. The Morgan fingerprint density at radius 1 is 0.852 bits per heavy atom. The average Bonchev–Trinajstić information content (AvgIpc) is 2.60. The Kier molecular flexibility index (Phi) is 9.42. The Morgan fingerprint density at radius 3 is 1.59 bits per heavy atom. The van der Waals surface area contributed by atoms with Crippen LogP contribution in [0.2, 0.25) is 0 Å². The summed E-state index contributed by atoms with van der Waals surface area (Å²) in [5.74, 6) is 0. The van der Waals surface area contributed by atoms with Gasteiger partial charge in [-0.05, 0) is 80.4 Å². The fourth-order valence-electron chi connectivity index (χ4n) is 4.06. The molecular formula is C23H40N4. The van der Waals surface area contributed by atoms with Crippen LogP contribution in [0.1, 0.15) is 73.9 Å². The first kappa shape index (κ1) is 23.6. The lowest BCUT2D eigenvalue weighted by Crippen LogP contribution is -2.43. The van der Waals surface area contributed by atoms with Crippen molar-refractivity contribution in [3.63, 3.8) is 0 Å². The molecule has 0 aliphatic carbocycles. The monoisotopic (exact) mass is 372 g/mol. The van der Waals surface area contributed by atoms with Crippen LogP contribution < -0.4 is 0 Å². The van der Waals surface area contributed by atoms with E-state index in [4.69, 9.17) is 0 Å². The first-order valence-corrected chi connectivity index (χ1v) is 10.5. The SMILES string of the molecule is CC(C)N(CCC(C#N)(CCN(C(C)C)C(C)C)c1ccccn1)C(C)C. The highest BCUT2D eigenvalue weighted by Crippen LogP contribution is 2.31. The zero-order valence-electron chi connectivity index (χ0n) is 18.7. The maximum absolute atomic E-state index is 10.3.